The van der Waals surface area contributed by atoms with E-state index in [1.165, 1.54) is 0 Å². The summed E-state index contributed by atoms with van der Waals surface area (Å²) in [5.41, 5.74) is 14.1. The number of aryl methyl sites for hydroxylation is 1. The molecule has 0 amide bonds. The van der Waals surface area contributed by atoms with Gasteiger partial charge < -0.3 is 20.9 Å². The maximum absolute atomic E-state index is 5.80. The fraction of sp³-hybridized carbons (Fsp3) is 0.294. The van der Waals surface area contributed by atoms with Gasteiger partial charge in [0.1, 0.15) is 11.5 Å². The second-order valence-corrected chi connectivity index (χ2v) is 4.96. The summed E-state index contributed by atoms with van der Waals surface area (Å²) >= 11 is 0. The molecule has 2 aromatic rings. The maximum atomic E-state index is 5.80. The van der Waals surface area contributed by atoms with Crippen molar-refractivity contribution in [1.29, 1.82) is 0 Å². The number of hydrogen-bond acceptors (Lipinski definition) is 4. The molecule has 2 rings (SSSR count). The largest absolute Gasteiger partial charge is 0.494 e. The molecule has 21 heavy (non-hydrogen) atoms. The van der Waals surface area contributed by atoms with Crippen molar-refractivity contribution in [3.63, 3.8) is 0 Å². The van der Waals surface area contributed by atoms with Crippen molar-refractivity contribution in [2.45, 2.75) is 19.8 Å². The van der Waals surface area contributed by atoms with Crippen molar-refractivity contribution in [2.75, 3.05) is 24.7 Å². The number of hydrogen-bond donors (Lipinski definition) is 2. The monoisotopic (exact) mass is 286 g/mol. The highest BCUT2D eigenvalue weighted by Gasteiger charge is 2.00. The summed E-state index contributed by atoms with van der Waals surface area (Å²) in [7, 11) is 0. The quantitative estimate of drug-likeness (QED) is 0.604. The molecule has 0 unspecified atom stereocenters. The lowest BCUT2D eigenvalue weighted by Gasteiger charge is -2.10. The minimum Gasteiger partial charge on any atom is -0.494 e. The van der Waals surface area contributed by atoms with Gasteiger partial charge in [-0.1, -0.05) is 12.1 Å². The molecule has 112 valence electrons. The molecule has 0 spiro atoms. The highest BCUT2D eigenvalue weighted by atomic mass is 16.5. The number of benzene rings is 2. The van der Waals surface area contributed by atoms with Crippen LogP contribution in [0.2, 0.25) is 0 Å². The van der Waals surface area contributed by atoms with Crippen LogP contribution in [-0.2, 0) is 0 Å². The van der Waals surface area contributed by atoms with Gasteiger partial charge in [0, 0.05) is 5.69 Å². The smallest absolute Gasteiger partial charge is 0.142 e. The van der Waals surface area contributed by atoms with Gasteiger partial charge in [-0.05, 0) is 55.7 Å². The minimum atomic E-state index is 0.637. The van der Waals surface area contributed by atoms with E-state index >= 15 is 0 Å². The number of rotatable bonds is 7. The molecule has 0 aliphatic heterocycles. The van der Waals surface area contributed by atoms with Gasteiger partial charge in [-0.15, -0.1) is 0 Å². The van der Waals surface area contributed by atoms with E-state index in [2.05, 4.69) is 0 Å². The molecular formula is C17H22N2O2. The van der Waals surface area contributed by atoms with E-state index in [1.807, 2.05) is 49.4 Å². The molecule has 0 radical (unpaired) electrons. The predicted octanol–water partition coefficient (Wildman–Crippen LogP) is 3.40. The molecule has 0 aromatic heterocycles. The van der Waals surface area contributed by atoms with Crippen LogP contribution in [0, 0.1) is 6.92 Å². The molecule has 0 heterocycles. The van der Waals surface area contributed by atoms with E-state index in [9.17, 15) is 0 Å². The van der Waals surface area contributed by atoms with Crippen LogP contribution in [0.25, 0.3) is 0 Å². The first-order valence-corrected chi connectivity index (χ1v) is 7.13. The van der Waals surface area contributed by atoms with E-state index in [0.29, 0.717) is 18.9 Å². The standard InChI is InChI=1S/C17H22N2O2/c1-13-12-14(8-9-15(13)18)20-10-4-5-11-21-17-7-3-2-6-16(17)19/h2-3,6-9,12H,4-5,10-11,18-19H2,1H3. The zero-order valence-corrected chi connectivity index (χ0v) is 12.3. The third-order valence-electron chi connectivity index (χ3n) is 3.23. The summed E-state index contributed by atoms with van der Waals surface area (Å²) in [4.78, 5) is 0. The van der Waals surface area contributed by atoms with Crippen LogP contribution in [0.3, 0.4) is 0 Å². The normalized spacial score (nSPS) is 10.3. The van der Waals surface area contributed by atoms with Crippen molar-refractivity contribution in [2.24, 2.45) is 0 Å². The number of unbranched alkanes of at least 4 members (excludes halogenated alkanes) is 1. The summed E-state index contributed by atoms with van der Waals surface area (Å²) in [5.74, 6) is 1.60. The Labute approximate surface area is 125 Å². The van der Waals surface area contributed by atoms with Crippen molar-refractivity contribution in [1.82, 2.24) is 0 Å². The SMILES string of the molecule is Cc1cc(OCCCCOc2ccccc2N)ccc1N. The Balaban J connectivity index is 1.64. The molecule has 0 saturated heterocycles. The van der Waals surface area contributed by atoms with Crippen LogP contribution in [0.15, 0.2) is 42.5 Å². The van der Waals surface area contributed by atoms with Gasteiger partial charge in [0.2, 0.25) is 0 Å². The number of ether oxygens (including phenoxy) is 2. The van der Waals surface area contributed by atoms with Gasteiger partial charge in [-0.2, -0.15) is 0 Å². The van der Waals surface area contributed by atoms with Crippen molar-refractivity contribution in [3.05, 3.63) is 48.0 Å². The van der Waals surface area contributed by atoms with E-state index in [1.54, 1.807) is 0 Å². The van der Waals surface area contributed by atoms with Crippen LogP contribution in [0.4, 0.5) is 11.4 Å². The minimum absolute atomic E-state index is 0.637. The van der Waals surface area contributed by atoms with Crippen molar-refractivity contribution >= 4 is 11.4 Å². The van der Waals surface area contributed by atoms with Crippen LogP contribution in [0.1, 0.15) is 18.4 Å². The highest BCUT2D eigenvalue weighted by Crippen LogP contribution is 2.20. The predicted molar refractivity (Wildman–Crippen MR) is 86.7 cm³/mol. The Hall–Kier alpha value is -2.36. The van der Waals surface area contributed by atoms with E-state index in [-0.39, 0.29) is 0 Å². The molecule has 0 saturated carbocycles. The topological polar surface area (TPSA) is 70.5 Å². The van der Waals surface area contributed by atoms with Gasteiger partial charge in [0.15, 0.2) is 0 Å². The third kappa shape index (κ3) is 4.60. The molecular weight excluding hydrogens is 264 g/mol. The summed E-state index contributed by atoms with van der Waals surface area (Å²) in [5, 5.41) is 0. The van der Waals surface area contributed by atoms with Gasteiger partial charge in [-0.25, -0.2) is 0 Å². The molecule has 4 N–H and O–H groups in total. The Morgan fingerprint density at radius 1 is 0.857 bits per heavy atom. The summed E-state index contributed by atoms with van der Waals surface area (Å²) in [6.45, 7) is 3.27. The molecule has 4 heteroatoms. The zero-order chi connectivity index (χ0) is 15.1. The van der Waals surface area contributed by atoms with Gasteiger partial charge in [0.05, 0.1) is 18.9 Å². The second-order valence-electron chi connectivity index (χ2n) is 4.96. The average Bonchev–Trinajstić information content (AvgIpc) is 2.48. The zero-order valence-electron chi connectivity index (χ0n) is 12.3. The average molecular weight is 286 g/mol. The Morgan fingerprint density at radius 2 is 1.57 bits per heavy atom. The van der Waals surface area contributed by atoms with Crippen LogP contribution in [0.5, 0.6) is 11.5 Å². The van der Waals surface area contributed by atoms with E-state index in [4.69, 9.17) is 20.9 Å². The molecule has 0 atom stereocenters. The fourth-order valence-electron chi connectivity index (χ4n) is 1.93. The molecule has 4 nitrogen and oxygen atoms in total. The van der Waals surface area contributed by atoms with Crippen molar-refractivity contribution in [3.8, 4) is 11.5 Å². The van der Waals surface area contributed by atoms with E-state index < -0.39 is 0 Å². The lowest BCUT2D eigenvalue weighted by molar-refractivity contribution is 0.267. The maximum Gasteiger partial charge on any atom is 0.142 e. The van der Waals surface area contributed by atoms with Crippen LogP contribution in [-0.4, -0.2) is 13.2 Å². The number of nitrogen functional groups attached to an aromatic ring is 2. The highest BCUT2D eigenvalue weighted by molar-refractivity contribution is 5.51. The molecule has 2 aromatic carbocycles. The molecule has 0 bridgehead atoms. The Kier molecular flexibility index (Phi) is 5.32. The summed E-state index contributed by atoms with van der Waals surface area (Å²) in [6.07, 6.45) is 1.85. The number of anilines is 2. The third-order valence-corrected chi connectivity index (χ3v) is 3.23. The number of para-hydroxylation sites is 2. The fourth-order valence-corrected chi connectivity index (χ4v) is 1.93. The summed E-state index contributed by atoms with van der Waals surface area (Å²) in [6, 6.07) is 13.2. The molecule has 0 aliphatic rings. The first-order chi connectivity index (χ1) is 10.2. The van der Waals surface area contributed by atoms with Crippen molar-refractivity contribution < 1.29 is 9.47 Å². The molecule has 0 aliphatic carbocycles. The number of nitrogens with two attached hydrogens (primary N) is 2. The second kappa shape index (κ2) is 7.43. The van der Waals surface area contributed by atoms with Gasteiger partial charge >= 0.3 is 0 Å². The van der Waals surface area contributed by atoms with Gasteiger partial charge in [0.25, 0.3) is 0 Å². The van der Waals surface area contributed by atoms with Gasteiger partial charge in [-0.3, -0.25) is 0 Å². The van der Waals surface area contributed by atoms with E-state index in [0.717, 1.165) is 35.6 Å². The summed E-state index contributed by atoms with van der Waals surface area (Å²) < 4.78 is 11.3. The first kappa shape index (κ1) is 15.0. The first-order valence-electron chi connectivity index (χ1n) is 7.13. The van der Waals surface area contributed by atoms with Crippen LogP contribution >= 0.6 is 0 Å². The lowest BCUT2D eigenvalue weighted by Crippen LogP contribution is -2.04. The van der Waals surface area contributed by atoms with Crippen LogP contribution < -0.4 is 20.9 Å². The molecule has 0 fully saturated rings. The Morgan fingerprint density at radius 3 is 2.29 bits per heavy atom. The Bertz CT molecular complexity index is 585. The lowest BCUT2D eigenvalue weighted by atomic mass is 10.2.